The fourth-order valence-electron chi connectivity index (χ4n) is 4.30. The van der Waals surface area contributed by atoms with Gasteiger partial charge in [0.05, 0.1) is 24.2 Å². The van der Waals surface area contributed by atoms with Crippen LogP contribution in [0.4, 0.5) is 10.1 Å². The normalized spacial score (nSPS) is 13.1. The molecule has 0 aliphatic carbocycles. The highest BCUT2D eigenvalue weighted by Gasteiger charge is 2.23. The van der Waals surface area contributed by atoms with Crippen LogP contribution in [-0.4, -0.2) is 34.4 Å². The van der Waals surface area contributed by atoms with Gasteiger partial charge in [-0.2, -0.15) is 5.10 Å². The summed E-state index contributed by atoms with van der Waals surface area (Å²) in [4.78, 5) is 20.3. The van der Waals surface area contributed by atoms with Crippen LogP contribution in [0, 0.1) is 12.4 Å². The van der Waals surface area contributed by atoms with Crippen molar-refractivity contribution >= 4 is 28.0 Å². The summed E-state index contributed by atoms with van der Waals surface area (Å²) >= 11 is 0. The summed E-state index contributed by atoms with van der Waals surface area (Å²) in [5.74, 6) is -0.481. The van der Waals surface area contributed by atoms with Crippen molar-refractivity contribution in [2.45, 2.75) is 0 Å². The number of ketones is 1. The molecule has 156 valence electrons. The van der Waals surface area contributed by atoms with E-state index in [1.54, 1.807) is 36.1 Å². The van der Waals surface area contributed by atoms with Gasteiger partial charge in [-0.3, -0.25) is 14.5 Å². The molecule has 0 bridgehead atoms. The average Bonchev–Trinajstić information content (AvgIpc) is 3.19. The van der Waals surface area contributed by atoms with Gasteiger partial charge in [-0.05, 0) is 23.1 Å². The Morgan fingerprint density at radius 3 is 2.72 bits per heavy atom. The van der Waals surface area contributed by atoms with E-state index in [1.807, 2.05) is 24.3 Å². The van der Waals surface area contributed by atoms with Crippen molar-refractivity contribution in [3.8, 4) is 22.4 Å². The quantitative estimate of drug-likeness (QED) is 0.492. The Labute approximate surface area is 183 Å². The van der Waals surface area contributed by atoms with Crippen LogP contribution in [0.15, 0.2) is 59.7 Å². The highest BCUT2D eigenvalue weighted by atomic mass is 19.1. The molecular formula is C25H18FN5O. The fourth-order valence-corrected chi connectivity index (χ4v) is 4.30. The number of aromatic nitrogens is 2. The first-order valence-corrected chi connectivity index (χ1v) is 10.1. The third kappa shape index (κ3) is 2.93. The predicted octanol–water partition coefficient (Wildman–Crippen LogP) is 4.54. The molecule has 2 N–H and O–H groups in total. The van der Waals surface area contributed by atoms with Gasteiger partial charge in [0, 0.05) is 41.2 Å². The van der Waals surface area contributed by atoms with Gasteiger partial charge in [0.15, 0.2) is 5.78 Å². The topological polar surface area (TPSA) is 77.6 Å². The number of aryl methyl sites for hydroxylation is 1. The average molecular weight is 423 g/mol. The molecule has 0 fully saturated rings. The van der Waals surface area contributed by atoms with Crippen molar-refractivity contribution in [3.05, 3.63) is 83.1 Å². The van der Waals surface area contributed by atoms with Crippen LogP contribution in [0.3, 0.4) is 0 Å². The van der Waals surface area contributed by atoms with Gasteiger partial charge >= 0.3 is 0 Å². The molecule has 7 heteroatoms. The summed E-state index contributed by atoms with van der Waals surface area (Å²) in [6.45, 7) is 8.11. The number of nitrogens with two attached hydrogens (primary N) is 1. The van der Waals surface area contributed by atoms with Gasteiger partial charge in [-0.1, -0.05) is 36.4 Å². The zero-order valence-electron chi connectivity index (χ0n) is 17.3. The predicted molar refractivity (Wildman–Crippen MR) is 123 cm³/mol. The molecule has 1 aliphatic rings. The molecular weight excluding hydrogens is 405 g/mol. The number of nitrogens with zero attached hydrogens (tertiary/aromatic N) is 4. The van der Waals surface area contributed by atoms with Crippen LogP contribution in [0.5, 0.6) is 0 Å². The minimum atomic E-state index is -0.435. The summed E-state index contributed by atoms with van der Waals surface area (Å²) < 4.78 is 16.3. The molecule has 3 aromatic carbocycles. The van der Waals surface area contributed by atoms with Crippen molar-refractivity contribution in [1.82, 2.24) is 9.78 Å². The first kappa shape index (κ1) is 19.8. The third-order valence-corrected chi connectivity index (χ3v) is 5.82. The third-order valence-electron chi connectivity index (χ3n) is 5.82. The highest BCUT2D eigenvalue weighted by molar-refractivity contribution is 6.16. The van der Waals surface area contributed by atoms with Crippen LogP contribution < -0.4 is 5.73 Å². The van der Waals surface area contributed by atoms with Gasteiger partial charge in [0.2, 0.25) is 5.69 Å². The Morgan fingerprint density at radius 2 is 1.94 bits per heavy atom. The molecule has 6 nitrogen and oxygen atoms in total. The fraction of sp³-hybridized carbons (Fsp3) is 0.120. The van der Waals surface area contributed by atoms with E-state index in [2.05, 4.69) is 14.9 Å². The van der Waals surface area contributed by atoms with Crippen molar-refractivity contribution in [3.63, 3.8) is 0 Å². The van der Waals surface area contributed by atoms with Gasteiger partial charge in [0.25, 0.3) is 0 Å². The Balaban J connectivity index is 1.75. The van der Waals surface area contributed by atoms with Crippen molar-refractivity contribution in [2.24, 2.45) is 17.8 Å². The van der Waals surface area contributed by atoms with E-state index in [9.17, 15) is 9.18 Å². The Hall–Kier alpha value is -4.15. The standard InChI is InChI=1S/C25H18FN5O/c1-28-24-17(9-6-14-4-3-5-20(26)23(14)24)25-19(12-30-31(25)2)15-7-8-16-18(10-15)21(11-27)29-13-22(16)32/h3-10,12H,11,13,27H2,2H3. The van der Waals surface area contributed by atoms with E-state index in [1.165, 1.54) is 6.07 Å². The number of Topliss-reactive ketones (excluding diaryl/α,β-unsaturated/α-hetero) is 1. The smallest absolute Gasteiger partial charge is 0.207 e. The van der Waals surface area contributed by atoms with Crippen LogP contribution in [0.2, 0.25) is 0 Å². The summed E-state index contributed by atoms with van der Waals surface area (Å²) in [6.07, 6.45) is 1.71. The van der Waals surface area contributed by atoms with E-state index in [0.717, 1.165) is 11.1 Å². The Kier molecular flexibility index (Phi) is 4.65. The molecule has 4 aromatic rings. The molecule has 0 radical (unpaired) electrons. The van der Waals surface area contributed by atoms with Crippen LogP contribution >= 0.6 is 0 Å². The monoisotopic (exact) mass is 423 g/mol. The Bertz CT molecular complexity index is 1490. The molecule has 32 heavy (non-hydrogen) atoms. The van der Waals surface area contributed by atoms with Crippen LogP contribution in [-0.2, 0) is 7.05 Å². The molecule has 0 amide bonds. The van der Waals surface area contributed by atoms with Gasteiger partial charge in [-0.15, -0.1) is 0 Å². The second-order valence-electron chi connectivity index (χ2n) is 7.59. The zero-order valence-corrected chi connectivity index (χ0v) is 17.3. The van der Waals surface area contributed by atoms with Crippen LogP contribution in [0.1, 0.15) is 15.9 Å². The van der Waals surface area contributed by atoms with Crippen molar-refractivity contribution < 1.29 is 9.18 Å². The minimum Gasteiger partial charge on any atom is -0.325 e. The molecule has 0 saturated carbocycles. The number of hydrogen-bond donors (Lipinski definition) is 1. The lowest BCUT2D eigenvalue weighted by atomic mass is 9.91. The maximum absolute atomic E-state index is 14.7. The van der Waals surface area contributed by atoms with E-state index in [0.29, 0.717) is 38.9 Å². The minimum absolute atomic E-state index is 0.0459. The maximum atomic E-state index is 14.7. The maximum Gasteiger partial charge on any atom is 0.207 e. The van der Waals surface area contributed by atoms with E-state index in [-0.39, 0.29) is 24.6 Å². The van der Waals surface area contributed by atoms with E-state index in [4.69, 9.17) is 12.3 Å². The Morgan fingerprint density at radius 1 is 1.12 bits per heavy atom. The number of fused-ring (bicyclic) bond motifs is 2. The summed E-state index contributed by atoms with van der Waals surface area (Å²) in [7, 11) is 1.78. The number of halogens is 1. The summed E-state index contributed by atoms with van der Waals surface area (Å²) in [5, 5.41) is 5.37. The highest BCUT2D eigenvalue weighted by Crippen LogP contribution is 2.42. The number of carbonyl (C=O) groups excluding carboxylic acids is 1. The van der Waals surface area contributed by atoms with Crippen LogP contribution in [0.25, 0.3) is 38.0 Å². The molecule has 1 aromatic heterocycles. The lowest BCUT2D eigenvalue weighted by Crippen LogP contribution is -2.24. The number of benzene rings is 3. The first-order valence-electron chi connectivity index (χ1n) is 10.1. The first-order chi connectivity index (χ1) is 15.5. The molecule has 0 saturated heterocycles. The number of rotatable bonds is 3. The van der Waals surface area contributed by atoms with Crippen molar-refractivity contribution in [2.75, 3.05) is 13.1 Å². The van der Waals surface area contributed by atoms with Crippen molar-refractivity contribution in [1.29, 1.82) is 0 Å². The zero-order chi connectivity index (χ0) is 22.4. The van der Waals surface area contributed by atoms with Gasteiger partial charge in [-0.25, -0.2) is 9.24 Å². The lowest BCUT2D eigenvalue weighted by molar-refractivity contribution is 0.1000. The number of aliphatic imine (C=N–C) groups is 1. The molecule has 0 spiro atoms. The largest absolute Gasteiger partial charge is 0.325 e. The molecule has 0 unspecified atom stereocenters. The second kappa shape index (κ2) is 7.52. The van der Waals surface area contributed by atoms with Gasteiger partial charge in [0.1, 0.15) is 12.4 Å². The molecule has 1 aliphatic heterocycles. The number of carbonyl (C=O) groups is 1. The number of hydrogen-bond acceptors (Lipinski definition) is 4. The SMILES string of the molecule is [C-]#[N+]c1c(-c2c(-c3ccc4c(c3)C(CN)=NCC4=O)cnn2C)ccc2cccc(F)c12. The van der Waals surface area contributed by atoms with E-state index >= 15 is 0 Å². The summed E-state index contributed by atoms with van der Waals surface area (Å²) in [5.41, 5.74) is 11.0. The summed E-state index contributed by atoms with van der Waals surface area (Å²) in [6, 6.07) is 13.9. The van der Waals surface area contributed by atoms with Gasteiger partial charge < -0.3 is 5.73 Å². The van der Waals surface area contributed by atoms with E-state index < -0.39 is 5.82 Å². The second-order valence-corrected chi connectivity index (χ2v) is 7.59. The molecule has 5 rings (SSSR count). The lowest BCUT2D eigenvalue weighted by Gasteiger charge is -2.17. The molecule has 0 atom stereocenters. The molecule has 2 heterocycles.